The fourth-order valence-electron chi connectivity index (χ4n) is 3.13. The SMILES string of the molecule is Cc1ccc[c]([In]([c]2cccc(C)c2)[c]2cccc(C)c2)c1. The van der Waals surface area contributed by atoms with Crippen LogP contribution in [0.3, 0.4) is 0 Å². The summed E-state index contributed by atoms with van der Waals surface area (Å²) in [5, 5.41) is 0. The van der Waals surface area contributed by atoms with Crippen LogP contribution in [0, 0.1) is 20.8 Å². The standard InChI is InChI=1S/3C7H7.In/c3*1-7-5-3-2-4-6-7;/h3*2-3,5-6H,1H3;. The maximum absolute atomic E-state index is 2.39. The Hall–Kier alpha value is -1.47. The molecule has 0 N–H and O–H groups in total. The molecule has 0 amide bonds. The van der Waals surface area contributed by atoms with E-state index in [0.29, 0.717) is 0 Å². The number of rotatable bonds is 3. The van der Waals surface area contributed by atoms with Crippen LogP contribution in [0.5, 0.6) is 0 Å². The van der Waals surface area contributed by atoms with Crippen molar-refractivity contribution >= 4 is 31.4 Å². The molecule has 0 fully saturated rings. The van der Waals surface area contributed by atoms with Gasteiger partial charge in [-0.05, 0) is 0 Å². The van der Waals surface area contributed by atoms with Gasteiger partial charge in [0.15, 0.2) is 0 Å². The van der Waals surface area contributed by atoms with Gasteiger partial charge < -0.3 is 0 Å². The quantitative estimate of drug-likeness (QED) is 0.647. The van der Waals surface area contributed by atoms with E-state index in [1.807, 2.05) is 0 Å². The van der Waals surface area contributed by atoms with Gasteiger partial charge in [0, 0.05) is 0 Å². The van der Waals surface area contributed by atoms with Crippen molar-refractivity contribution in [3.05, 3.63) is 89.5 Å². The summed E-state index contributed by atoms with van der Waals surface area (Å²) in [4.78, 5) is 0. The van der Waals surface area contributed by atoms with E-state index in [1.165, 1.54) is 16.7 Å². The van der Waals surface area contributed by atoms with Gasteiger partial charge in [0.05, 0.1) is 0 Å². The predicted octanol–water partition coefficient (Wildman–Crippen LogP) is 3.13. The molecule has 3 aromatic rings. The van der Waals surface area contributed by atoms with Crippen LogP contribution in [0.1, 0.15) is 16.7 Å². The van der Waals surface area contributed by atoms with Crippen LogP contribution < -0.4 is 9.96 Å². The van der Waals surface area contributed by atoms with Crippen LogP contribution in [0.15, 0.2) is 72.8 Å². The molecule has 0 unspecified atom stereocenters. The molecular formula is C21H21In. The summed E-state index contributed by atoms with van der Waals surface area (Å²) in [5.41, 5.74) is 4.08. The molecule has 0 nitrogen and oxygen atoms in total. The molecule has 1 heteroatoms. The van der Waals surface area contributed by atoms with Gasteiger partial charge in [-0.2, -0.15) is 0 Å². The van der Waals surface area contributed by atoms with Crippen LogP contribution in [0.2, 0.25) is 0 Å². The summed E-state index contributed by atoms with van der Waals surface area (Å²) in [6, 6.07) is 27.4. The fourth-order valence-corrected chi connectivity index (χ4v) is 12.7. The van der Waals surface area contributed by atoms with Gasteiger partial charge in [-0.1, -0.05) is 0 Å². The van der Waals surface area contributed by atoms with E-state index in [9.17, 15) is 0 Å². The molecule has 0 heterocycles. The summed E-state index contributed by atoms with van der Waals surface area (Å²) in [5.74, 6) is 0. The van der Waals surface area contributed by atoms with Crippen LogP contribution >= 0.6 is 0 Å². The Kier molecular flexibility index (Phi) is 4.73. The average Bonchev–Trinajstić information content (AvgIpc) is 2.48. The molecule has 0 atom stereocenters. The molecular weight excluding hydrogens is 367 g/mol. The first-order valence-electron chi connectivity index (χ1n) is 7.83. The van der Waals surface area contributed by atoms with Crippen molar-refractivity contribution < 1.29 is 0 Å². The third-order valence-electron chi connectivity index (χ3n) is 4.13. The Balaban J connectivity index is 2.18. The normalized spacial score (nSPS) is 10.5. The van der Waals surface area contributed by atoms with Crippen molar-refractivity contribution in [3.8, 4) is 0 Å². The second-order valence-corrected chi connectivity index (χ2v) is 14.4. The Morgan fingerprint density at radius 2 is 0.818 bits per heavy atom. The molecule has 0 aliphatic heterocycles. The molecule has 0 bridgehead atoms. The minimum absolute atomic E-state index is 1.36. The first-order valence-corrected chi connectivity index (χ1v) is 12.8. The summed E-state index contributed by atoms with van der Waals surface area (Å²) in [6.07, 6.45) is 0. The Morgan fingerprint density at radius 3 is 1.09 bits per heavy atom. The number of hydrogen-bond acceptors (Lipinski definition) is 0. The zero-order chi connectivity index (χ0) is 15.5. The van der Waals surface area contributed by atoms with Crippen LogP contribution in [0.4, 0.5) is 0 Å². The molecule has 22 heavy (non-hydrogen) atoms. The zero-order valence-corrected chi connectivity index (χ0v) is 16.8. The van der Waals surface area contributed by atoms with Gasteiger partial charge in [0.2, 0.25) is 0 Å². The van der Waals surface area contributed by atoms with Gasteiger partial charge in [-0.3, -0.25) is 0 Å². The summed E-state index contributed by atoms with van der Waals surface area (Å²) in [6.45, 7) is 6.58. The molecule has 0 saturated heterocycles. The molecule has 0 spiro atoms. The van der Waals surface area contributed by atoms with Crippen LogP contribution in [-0.2, 0) is 0 Å². The zero-order valence-electron chi connectivity index (χ0n) is 13.5. The summed E-state index contributed by atoms with van der Waals surface area (Å²) in [7, 11) is 0. The number of aryl methyl sites for hydroxylation is 3. The van der Waals surface area contributed by atoms with Crippen molar-refractivity contribution in [2.75, 3.05) is 0 Å². The van der Waals surface area contributed by atoms with Crippen molar-refractivity contribution in [2.24, 2.45) is 0 Å². The Morgan fingerprint density at radius 1 is 0.500 bits per heavy atom. The van der Waals surface area contributed by atoms with Gasteiger partial charge in [0.1, 0.15) is 0 Å². The topological polar surface area (TPSA) is 0 Å². The second-order valence-electron chi connectivity index (χ2n) is 6.18. The van der Waals surface area contributed by atoms with Crippen molar-refractivity contribution in [1.82, 2.24) is 0 Å². The van der Waals surface area contributed by atoms with E-state index in [4.69, 9.17) is 0 Å². The fraction of sp³-hybridized carbons (Fsp3) is 0.143. The van der Waals surface area contributed by atoms with E-state index in [2.05, 4.69) is 93.6 Å². The van der Waals surface area contributed by atoms with Crippen molar-refractivity contribution in [2.45, 2.75) is 20.8 Å². The third-order valence-corrected chi connectivity index (χ3v) is 12.9. The second kappa shape index (κ2) is 6.75. The van der Waals surface area contributed by atoms with Gasteiger partial charge in [0.25, 0.3) is 0 Å². The molecule has 0 aliphatic carbocycles. The van der Waals surface area contributed by atoms with Crippen molar-refractivity contribution in [3.63, 3.8) is 0 Å². The molecule has 3 aromatic carbocycles. The van der Waals surface area contributed by atoms with E-state index in [-0.39, 0.29) is 0 Å². The molecule has 0 saturated carbocycles. The van der Waals surface area contributed by atoms with Crippen LogP contribution in [0.25, 0.3) is 0 Å². The van der Waals surface area contributed by atoms with Crippen molar-refractivity contribution in [1.29, 1.82) is 0 Å². The average molecular weight is 388 g/mol. The number of hydrogen-bond donors (Lipinski definition) is 0. The van der Waals surface area contributed by atoms with E-state index >= 15 is 0 Å². The van der Waals surface area contributed by atoms with E-state index in [1.54, 1.807) is 9.96 Å². The molecule has 0 aliphatic rings. The van der Waals surface area contributed by atoms with Crippen LogP contribution in [-0.4, -0.2) is 21.4 Å². The number of benzene rings is 3. The molecule has 0 radical (unpaired) electrons. The van der Waals surface area contributed by atoms with E-state index in [0.717, 1.165) is 0 Å². The summed E-state index contributed by atoms with van der Waals surface area (Å²) < 4.78 is 4.70. The molecule has 3 rings (SSSR count). The predicted molar refractivity (Wildman–Crippen MR) is 98.2 cm³/mol. The van der Waals surface area contributed by atoms with Gasteiger partial charge >= 0.3 is 142 Å². The first kappa shape index (κ1) is 15.4. The van der Waals surface area contributed by atoms with Gasteiger partial charge in [-0.25, -0.2) is 0 Å². The third kappa shape index (κ3) is 3.47. The first-order chi connectivity index (χ1) is 10.6. The maximum atomic E-state index is 2.39. The van der Waals surface area contributed by atoms with Gasteiger partial charge in [-0.15, -0.1) is 0 Å². The summed E-state index contributed by atoms with van der Waals surface area (Å²) >= 11 is -2.26. The Labute approximate surface area is 141 Å². The minimum atomic E-state index is -2.26. The molecule has 108 valence electrons. The van der Waals surface area contributed by atoms with E-state index < -0.39 is 21.4 Å². The molecule has 0 aromatic heterocycles. The Bertz CT molecular complexity index is 681. The monoisotopic (exact) mass is 388 g/mol.